The predicted molar refractivity (Wildman–Crippen MR) is 240 cm³/mol. The molecule has 0 N–H and O–H groups in total. The van der Waals surface area contributed by atoms with Gasteiger partial charge in [0.25, 0.3) is 0 Å². The van der Waals surface area contributed by atoms with Crippen LogP contribution in [0.15, 0.2) is 212 Å². The molecule has 0 aliphatic carbocycles. The van der Waals surface area contributed by atoms with E-state index in [0.29, 0.717) is 27.5 Å². The van der Waals surface area contributed by atoms with Crippen LogP contribution in [0, 0.1) is 0 Å². The standard InChI is InChI=1S/C54H35N3/c1-3-15-36(16-4-1)37-17-13-20-41(33-37)56-47-24-10-7-21-42(47)45-34-38(29-31-50(45)56)39-30-32-51-46(35-39)43-22-8-11-25-48(43)57(51)53-28-14-27-52-54(53)44-23-9-12-26-49(44)55(52)40-18-5-2-6-19-40/h1-35H/i2D,5D,6D,7D,8D,10D,11D,18D,19D,21D,22D,24D,25D,29D,30D,31D,32D,34D,35D. The van der Waals surface area contributed by atoms with Crippen LogP contribution in [-0.2, 0) is 0 Å². The van der Waals surface area contributed by atoms with E-state index in [2.05, 4.69) is 0 Å². The zero-order valence-electron chi connectivity index (χ0n) is 48.6. The first kappa shape index (κ1) is 18.3. The van der Waals surface area contributed by atoms with E-state index in [-0.39, 0.29) is 55.0 Å². The highest BCUT2D eigenvalue weighted by Gasteiger charge is 2.20. The Morgan fingerprint density at radius 1 is 0.316 bits per heavy atom. The fraction of sp³-hybridized carbons (Fsp3) is 0. The molecule has 0 unspecified atom stereocenters. The third-order valence-electron chi connectivity index (χ3n) is 10.4. The highest BCUT2D eigenvalue weighted by molar-refractivity contribution is 6.17. The van der Waals surface area contributed by atoms with Crippen molar-refractivity contribution in [2.24, 2.45) is 0 Å². The van der Waals surface area contributed by atoms with Gasteiger partial charge in [-0.1, -0.05) is 133 Å². The number of para-hydroxylation sites is 4. The maximum absolute atomic E-state index is 10.1. The van der Waals surface area contributed by atoms with Gasteiger partial charge in [-0.05, 0) is 101 Å². The number of nitrogens with zero attached hydrogens (tertiary/aromatic N) is 3. The molecule has 9 aromatic carbocycles. The summed E-state index contributed by atoms with van der Waals surface area (Å²) in [7, 11) is 0. The highest BCUT2D eigenvalue weighted by atomic mass is 15.0. The first-order valence-corrected chi connectivity index (χ1v) is 18.1. The average molecular weight is 745 g/mol. The van der Waals surface area contributed by atoms with Crippen LogP contribution in [0.5, 0.6) is 0 Å². The third-order valence-corrected chi connectivity index (χ3v) is 10.4. The van der Waals surface area contributed by atoms with Crippen molar-refractivity contribution < 1.29 is 26.0 Å². The van der Waals surface area contributed by atoms with Gasteiger partial charge in [0.1, 0.15) is 0 Å². The molecule has 0 atom stereocenters. The quantitative estimate of drug-likeness (QED) is 0.167. The second-order valence-electron chi connectivity index (χ2n) is 13.5. The Hall–Kier alpha value is -7.62. The maximum Gasteiger partial charge on any atom is 0.0645 e. The molecule has 0 aliphatic rings. The molecule has 0 aliphatic heterocycles. The molecule has 0 radical (unpaired) electrons. The molecule has 0 saturated carbocycles. The molecule has 3 heteroatoms. The molecule has 0 bridgehead atoms. The fourth-order valence-corrected chi connectivity index (χ4v) is 8.02. The van der Waals surface area contributed by atoms with Crippen molar-refractivity contribution in [3.8, 4) is 39.3 Å². The van der Waals surface area contributed by atoms with Gasteiger partial charge >= 0.3 is 0 Å². The van der Waals surface area contributed by atoms with E-state index < -0.39 is 126 Å². The highest BCUT2D eigenvalue weighted by Crippen LogP contribution is 2.42. The van der Waals surface area contributed by atoms with Crippen molar-refractivity contribution in [3.63, 3.8) is 0 Å². The van der Waals surface area contributed by atoms with Crippen LogP contribution in [0.1, 0.15) is 26.0 Å². The summed E-state index contributed by atoms with van der Waals surface area (Å²) in [4.78, 5) is 0. The Bertz CT molecular complexity index is 4600. The lowest BCUT2D eigenvalue weighted by Crippen LogP contribution is -1.96. The minimum absolute atomic E-state index is 0.0974. The summed E-state index contributed by atoms with van der Waals surface area (Å²) < 4.78 is 179. The average Bonchev–Trinajstić information content (AvgIpc) is 4.16. The molecule has 266 valence electrons. The number of benzene rings is 9. The normalized spacial score (nSPS) is 16.5. The van der Waals surface area contributed by atoms with Gasteiger partial charge in [0.15, 0.2) is 0 Å². The van der Waals surface area contributed by atoms with Crippen molar-refractivity contribution in [1.29, 1.82) is 0 Å². The number of fused-ring (bicyclic) bond motifs is 9. The Morgan fingerprint density at radius 3 is 1.63 bits per heavy atom. The topological polar surface area (TPSA) is 14.8 Å². The van der Waals surface area contributed by atoms with Crippen LogP contribution in [0.3, 0.4) is 0 Å². The van der Waals surface area contributed by atoms with Crippen molar-refractivity contribution >= 4 is 65.4 Å². The molecule has 0 spiro atoms. The van der Waals surface area contributed by atoms with Crippen molar-refractivity contribution in [1.82, 2.24) is 13.7 Å². The van der Waals surface area contributed by atoms with Gasteiger partial charge in [-0.15, -0.1) is 0 Å². The Morgan fingerprint density at radius 2 is 0.877 bits per heavy atom. The van der Waals surface area contributed by atoms with Crippen LogP contribution in [0.2, 0.25) is 0 Å². The second-order valence-corrected chi connectivity index (χ2v) is 13.5. The van der Waals surface area contributed by atoms with Gasteiger partial charge in [-0.3, -0.25) is 0 Å². The largest absolute Gasteiger partial charge is 0.309 e. The minimum Gasteiger partial charge on any atom is -0.309 e. The Kier molecular flexibility index (Phi) is 4.01. The molecule has 0 fully saturated rings. The molecule has 3 aromatic heterocycles. The predicted octanol–water partition coefficient (Wildman–Crippen LogP) is 14.3. The monoisotopic (exact) mass is 744 g/mol. The van der Waals surface area contributed by atoms with E-state index in [1.807, 2.05) is 36.4 Å². The number of hydrogen-bond acceptors (Lipinski definition) is 0. The number of hydrogen-bond donors (Lipinski definition) is 0. The number of aromatic nitrogens is 3. The molecule has 0 amide bonds. The molecule has 3 heterocycles. The van der Waals surface area contributed by atoms with Gasteiger partial charge in [0.05, 0.1) is 64.8 Å². The smallest absolute Gasteiger partial charge is 0.0645 e. The van der Waals surface area contributed by atoms with E-state index >= 15 is 0 Å². The van der Waals surface area contributed by atoms with Crippen LogP contribution in [0.4, 0.5) is 0 Å². The summed E-state index contributed by atoms with van der Waals surface area (Å²) in [6, 6.07) is 16.5. The van der Waals surface area contributed by atoms with E-state index in [0.717, 1.165) is 11.1 Å². The maximum atomic E-state index is 10.1. The molecule has 12 rings (SSSR count). The molecule has 3 nitrogen and oxygen atoms in total. The van der Waals surface area contributed by atoms with Gasteiger partial charge in [0.2, 0.25) is 0 Å². The van der Waals surface area contributed by atoms with Crippen LogP contribution in [-0.4, -0.2) is 13.7 Å². The van der Waals surface area contributed by atoms with Crippen LogP contribution in [0.25, 0.3) is 105 Å². The lowest BCUT2D eigenvalue weighted by Gasteiger charge is -2.12. The minimum atomic E-state index is -0.729. The van der Waals surface area contributed by atoms with Gasteiger partial charge in [0, 0.05) is 43.7 Å². The van der Waals surface area contributed by atoms with Gasteiger partial charge in [-0.2, -0.15) is 0 Å². The van der Waals surface area contributed by atoms with Crippen LogP contribution < -0.4 is 0 Å². The molecular weight excluding hydrogens is 691 g/mol. The SMILES string of the molecule is [2H]c1c([2H])c([2H])c(-n2c3ccccc3c3c(-n4c5c([2H])c([2H])c([2H])c([2H])c5c5c([2H])c(-c6c([2H])c([2H])c7c(c6[2H])c6c([2H])c([2H])c([2H])c([2H])c6n7-c6cccc(-c7ccccc7)c6)c([2H])c([2H])c54)cccc32)c([2H])c1[2H]. The first-order chi connectivity index (χ1) is 36.2. The molecule has 12 aromatic rings. The summed E-state index contributed by atoms with van der Waals surface area (Å²) in [5, 5.41) is -0.0657. The van der Waals surface area contributed by atoms with E-state index in [4.69, 9.17) is 12.3 Å². The summed E-state index contributed by atoms with van der Waals surface area (Å²) in [6.07, 6.45) is 0. The van der Waals surface area contributed by atoms with E-state index in [1.54, 1.807) is 60.7 Å². The third kappa shape index (κ3) is 4.79. The van der Waals surface area contributed by atoms with Gasteiger partial charge < -0.3 is 13.7 Å². The van der Waals surface area contributed by atoms with Gasteiger partial charge in [-0.25, -0.2) is 0 Å². The zero-order valence-corrected chi connectivity index (χ0v) is 29.6. The summed E-state index contributed by atoms with van der Waals surface area (Å²) in [5.74, 6) is 0. The molecule has 57 heavy (non-hydrogen) atoms. The Balaban J connectivity index is 1.22. The summed E-state index contributed by atoms with van der Waals surface area (Å²) in [6.45, 7) is 0. The lowest BCUT2D eigenvalue weighted by molar-refractivity contribution is 1.17. The van der Waals surface area contributed by atoms with E-state index in [9.17, 15) is 13.7 Å². The zero-order chi connectivity index (χ0) is 54.0. The van der Waals surface area contributed by atoms with Crippen molar-refractivity contribution in [3.05, 3.63) is 212 Å². The fourth-order valence-electron chi connectivity index (χ4n) is 8.02. The van der Waals surface area contributed by atoms with E-state index in [1.165, 1.54) is 13.7 Å². The number of rotatable bonds is 5. The van der Waals surface area contributed by atoms with Crippen molar-refractivity contribution in [2.45, 2.75) is 0 Å². The molecular formula is C54H35N3. The van der Waals surface area contributed by atoms with Crippen molar-refractivity contribution in [2.75, 3.05) is 0 Å². The van der Waals surface area contributed by atoms with Crippen LogP contribution >= 0.6 is 0 Å². The first-order valence-electron chi connectivity index (χ1n) is 27.6. The second kappa shape index (κ2) is 12.5. The Labute approximate surface area is 356 Å². The lowest BCUT2D eigenvalue weighted by atomic mass is 10.0. The summed E-state index contributed by atoms with van der Waals surface area (Å²) >= 11 is 0. The summed E-state index contributed by atoms with van der Waals surface area (Å²) in [5.41, 5.74) is 0.880. The molecule has 0 saturated heterocycles.